The predicted octanol–water partition coefficient (Wildman–Crippen LogP) is 2.69. The Labute approximate surface area is 85.1 Å². The summed E-state index contributed by atoms with van der Waals surface area (Å²) in [5.41, 5.74) is 1.97. The minimum Gasteiger partial charge on any atom is -0.376 e. The van der Waals surface area contributed by atoms with Gasteiger partial charge >= 0.3 is 0 Å². The third-order valence-electron chi connectivity index (χ3n) is 1.70. The van der Waals surface area contributed by atoms with E-state index in [-0.39, 0.29) is 0 Å². The molecule has 1 aromatic rings. The Morgan fingerprint density at radius 3 is 2.50 bits per heavy atom. The summed E-state index contributed by atoms with van der Waals surface area (Å²) in [7, 11) is 0. The minimum atomic E-state index is -0.688. The smallest absolute Gasteiger partial charge is 0.140 e. The second kappa shape index (κ2) is 5.26. The maximum atomic E-state index is 9.63. The molecule has 1 aromatic carbocycles. The van der Waals surface area contributed by atoms with Crippen LogP contribution in [0.1, 0.15) is 25.5 Å². The number of aliphatic hydroxyl groups excluding tert-OH is 1. The molecule has 0 aliphatic carbocycles. The molecule has 1 nitrogen and oxygen atoms in total. The van der Waals surface area contributed by atoms with Crippen LogP contribution < -0.4 is 0 Å². The van der Waals surface area contributed by atoms with E-state index in [0.29, 0.717) is 0 Å². The Balaban J connectivity index is 2.71. The zero-order valence-corrected chi connectivity index (χ0v) is 8.49. The molecule has 72 valence electrons. The fourth-order valence-corrected chi connectivity index (χ4v) is 0.984. The van der Waals surface area contributed by atoms with E-state index in [1.807, 2.05) is 44.2 Å². The van der Waals surface area contributed by atoms with Crippen LogP contribution in [0.15, 0.2) is 42.0 Å². The van der Waals surface area contributed by atoms with Gasteiger partial charge in [0, 0.05) is 0 Å². The number of rotatable bonds is 1. The van der Waals surface area contributed by atoms with Crippen LogP contribution in [0.3, 0.4) is 0 Å². The molecule has 0 aliphatic rings. The van der Waals surface area contributed by atoms with E-state index in [9.17, 15) is 5.11 Å². The molecule has 14 heavy (non-hydrogen) atoms. The molecule has 0 saturated carbocycles. The first-order chi connectivity index (χ1) is 6.70. The van der Waals surface area contributed by atoms with Gasteiger partial charge in [-0.3, -0.25) is 0 Å². The van der Waals surface area contributed by atoms with Crippen LogP contribution in [0.5, 0.6) is 0 Å². The average Bonchev–Trinajstić information content (AvgIpc) is 2.18. The summed E-state index contributed by atoms with van der Waals surface area (Å²) in [5.74, 6) is 5.58. The Morgan fingerprint density at radius 2 is 1.93 bits per heavy atom. The molecule has 1 unspecified atom stereocenters. The molecule has 0 heterocycles. The lowest BCUT2D eigenvalue weighted by Crippen LogP contribution is -1.91. The van der Waals surface area contributed by atoms with E-state index in [2.05, 4.69) is 11.8 Å². The van der Waals surface area contributed by atoms with Crippen molar-refractivity contribution in [3.63, 3.8) is 0 Å². The lowest BCUT2D eigenvalue weighted by atomic mass is 10.1. The van der Waals surface area contributed by atoms with Crippen molar-refractivity contribution >= 4 is 0 Å². The monoisotopic (exact) mass is 186 g/mol. The van der Waals surface area contributed by atoms with Crippen LogP contribution in [0, 0.1) is 11.8 Å². The molecule has 0 amide bonds. The summed E-state index contributed by atoms with van der Waals surface area (Å²) in [4.78, 5) is 0. The van der Waals surface area contributed by atoms with E-state index < -0.39 is 6.10 Å². The molecule has 0 bridgehead atoms. The highest BCUT2D eigenvalue weighted by Gasteiger charge is 1.99. The van der Waals surface area contributed by atoms with Gasteiger partial charge in [-0.05, 0) is 25.5 Å². The third kappa shape index (κ3) is 3.47. The highest BCUT2D eigenvalue weighted by molar-refractivity contribution is 5.28. The van der Waals surface area contributed by atoms with Crippen molar-refractivity contribution in [3.05, 3.63) is 47.5 Å². The van der Waals surface area contributed by atoms with Gasteiger partial charge in [0.2, 0.25) is 0 Å². The van der Waals surface area contributed by atoms with Crippen LogP contribution in [0.4, 0.5) is 0 Å². The molecule has 1 rings (SSSR count). The number of aliphatic hydroxyl groups is 1. The van der Waals surface area contributed by atoms with Gasteiger partial charge in [-0.2, -0.15) is 0 Å². The summed E-state index contributed by atoms with van der Waals surface area (Å²) >= 11 is 0. The molecule has 0 spiro atoms. The molecule has 0 aromatic heterocycles. The summed E-state index contributed by atoms with van der Waals surface area (Å²) in [6.07, 6.45) is 1.11. The van der Waals surface area contributed by atoms with Gasteiger partial charge in [0.05, 0.1) is 0 Å². The van der Waals surface area contributed by atoms with Crippen molar-refractivity contribution in [2.45, 2.75) is 20.0 Å². The van der Waals surface area contributed by atoms with Crippen molar-refractivity contribution in [2.75, 3.05) is 0 Å². The van der Waals surface area contributed by atoms with E-state index in [1.54, 1.807) is 6.08 Å². The zero-order chi connectivity index (χ0) is 10.4. The number of allylic oxidation sites excluding steroid dienone is 2. The molecule has 1 heteroatoms. The van der Waals surface area contributed by atoms with Gasteiger partial charge < -0.3 is 5.11 Å². The molecule has 1 atom stereocenters. The van der Waals surface area contributed by atoms with Gasteiger partial charge in [-0.25, -0.2) is 0 Å². The van der Waals surface area contributed by atoms with E-state index >= 15 is 0 Å². The van der Waals surface area contributed by atoms with Gasteiger partial charge in [0.1, 0.15) is 6.10 Å². The average molecular weight is 186 g/mol. The predicted molar refractivity (Wildman–Crippen MR) is 58.6 cm³/mol. The molecule has 0 aliphatic heterocycles. The number of benzene rings is 1. The fourth-order valence-electron chi connectivity index (χ4n) is 0.984. The number of hydrogen-bond donors (Lipinski definition) is 1. The van der Waals surface area contributed by atoms with Crippen LogP contribution >= 0.6 is 0 Å². The molecular weight excluding hydrogens is 172 g/mol. The van der Waals surface area contributed by atoms with Crippen molar-refractivity contribution in [2.24, 2.45) is 0 Å². The van der Waals surface area contributed by atoms with Crippen LogP contribution in [-0.4, -0.2) is 5.11 Å². The Morgan fingerprint density at radius 1 is 1.29 bits per heavy atom. The minimum absolute atomic E-state index is 0.688. The van der Waals surface area contributed by atoms with Crippen molar-refractivity contribution in [1.29, 1.82) is 0 Å². The lowest BCUT2D eigenvalue weighted by Gasteiger charge is -2.01. The topological polar surface area (TPSA) is 20.2 Å². The Hall–Kier alpha value is -1.52. The van der Waals surface area contributed by atoms with Crippen molar-refractivity contribution in [1.82, 2.24) is 0 Å². The summed E-state index contributed by atoms with van der Waals surface area (Å²) < 4.78 is 0. The molecule has 0 saturated heterocycles. The first kappa shape index (κ1) is 10.6. The Bertz CT molecular complexity index is 361. The first-order valence-electron chi connectivity index (χ1n) is 4.57. The second-order valence-electron chi connectivity index (χ2n) is 3.32. The lowest BCUT2D eigenvalue weighted by molar-refractivity contribution is 0.238. The van der Waals surface area contributed by atoms with Gasteiger partial charge in [-0.1, -0.05) is 47.7 Å². The SMILES string of the molecule is CC(C)=CC#CC(O)c1ccccc1. The summed E-state index contributed by atoms with van der Waals surface area (Å²) in [6.45, 7) is 3.95. The maximum Gasteiger partial charge on any atom is 0.140 e. The van der Waals surface area contributed by atoms with E-state index in [0.717, 1.165) is 11.1 Å². The second-order valence-corrected chi connectivity index (χ2v) is 3.32. The maximum absolute atomic E-state index is 9.63. The molecule has 0 fully saturated rings. The van der Waals surface area contributed by atoms with Crippen molar-refractivity contribution < 1.29 is 5.11 Å². The zero-order valence-electron chi connectivity index (χ0n) is 8.49. The first-order valence-corrected chi connectivity index (χ1v) is 4.57. The highest BCUT2D eigenvalue weighted by Crippen LogP contribution is 2.09. The third-order valence-corrected chi connectivity index (χ3v) is 1.70. The highest BCUT2D eigenvalue weighted by atomic mass is 16.3. The van der Waals surface area contributed by atoms with Gasteiger partial charge in [0.25, 0.3) is 0 Å². The van der Waals surface area contributed by atoms with E-state index in [4.69, 9.17) is 0 Å². The molecule has 0 radical (unpaired) electrons. The number of hydrogen-bond acceptors (Lipinski definition) is 1. The standard InChI is InChI=1S/C13H14O/c1-11(2)7-6-10-13(14)12-8-4-3-5-9-12/h3-5,7-9,13-14H,1-2H3. The fraction of sp³-hybridized carbons (Fsp3) is 0.231. The Kier molecular flexibility index (Phi) is 3.97. The van der Waals surface area contributed by atoms with Crippen LogP contribution in [0.25, 0.3) is 0 Å². The summed E-state index contributed by atoms with van der Waals surface area (Å²) in [6, 6.07) is 9.42. The van der Waals surface area contributed by atoms with Crippen molar-refractivity contribution in [3.8, 4) is 11.8 Å². The normalized spacial score (nSPS) is 11.1. The molecule has 1 N–H and O–H groups in total. The quantitative estimate of drug-likeness (QED) is 0.668. The van der Waals surface area contributed by atoms with E-state index in [1.165, 1.54) is 0 Å². The largest absolute Gasteiger partial charge is 0.376 e. The van der Waals surface area contributed by atoms with Gasteiger partial charge in [0.15, 0.2) is 0 Å². The summed E-state index contributed by atoms with van der Waals surface area (Å²) in [5, 5.41) is 9.63. The van der Waals surface area contributed by atoms with Crippen LogP contribution in [-0.2, 0) is 0 Å². The van der Waals surface area contributed by atoms with Crippen LogP contribution in [0.2, 0.25) is 0 Å². The van der Waals surface area contributed by atoms with Gasteiger partial charge in [-0.15, -0.1) is 0 Å². The molecular formula is C13H14O.